The minimum absolute atomic E-state index is 0.0727. The van der Waals surface area contributed by atoms with E-state index >= 15 is 0 Å². The molecule has 2 aliphatic rings. The van der Waals surface area contributed by atoms with E-state index in [-0.39, 0.29) is 35.7 Å². The molecular formula is C22H21NO6S. The van der Waals surface area contributed by atoms with Gasteiger partial charge in [0.1, 0.15) is 29.5 Å². The highest BCUT2D eigenvalue weighted by atomic mass is 32.2. The molecule has 0 aliphatic carbocycles. The fourth-order valence-electron chi connectivity index (χ4n) is 3.49. The summed E-state index contributed by atoms with van der Waals surface area (Å²) in [5, 5.41) is 11.4. The lowest BCUT2D eigenvalue weighted by molar-refractivity contribution is -0.118. The Morgan fingerprint density at radius 2 is 1.97 bits per heavy atom. The minimum Gasteiger partial charge on any atom is -0.508 e. The molecule has 4 rings (SSSR count). The average Bonchev–Trinajstić information content (AvgIpc) is 3.00. The standard InChI is InChI=1S/C22H21NO6S/c1-12-7-18-15(9-16(12)24)17(25)10-22(2,29-18)11-28-14-5-3-13(4-6-14)8-19-20(26)23-21(27)30-19/h3-7,9,19,24H,8,10-11H2,1-2H3,(H,23,26,27). The largest absolute Gasteiger partial charge is 0.508 e. The molecular weight excluding hydrogens is 406 g/mol. The lowest BCUT2D eigenvalue weighted by Gasteiger charge is -2.34. The van der Waals surface area contributed by atoms with Crippen molar-refractivity contribution in [3.63, 3.8) is 0 Å². The number of carbonyl (C=O) groups excluding carboxylic acids is 3. The average molecular weight is 427 g/mol. The first-order valence-corrected chi connectivity index (χ1v) is 10.4. The van der Waals surface area contributed by atoms with Gasteiger partial charge >= 0.3 is 0 Å². The van der Waals surface area contributed by atoms with Crippen LogP contribution in [-0.4, -0.2) is 39.5 Å². The Bertz CT molecular complexity index is 1030. The van der Waals surface area contributed by atoms with Crippen molar-refractivity contribution in [1.82, 2.24) is 5.32 Å². The van der Waals surface area contributed by atoms with Crippen LogP contribution in [0.25, 0.3) is 0 Å². The molecule has 30 heavy (non-hydrogen) atoms. The van der Waals surface area contributed by atoms with E-state index in [0.717, 1.165) is 17.3 Å². The van der Waals surface area contributed by atoms with Gasteiger partial charge in [0.25, 0.3) is 5.24 Å². The van der Waals surface area contributed by atoms with E-state index in [2.05, 4.69) is 5.32 Å². The summed E-state index contributed by atoms with van der Waals surface area (Å²) in [5.74, 6) is 0.771. The Balaban J connectivity index is 1.39. The van der Waals surface area contributed by atoms with E-state index < -0.39 is 10.9 Å². The van der Waals surface area contributed by atoms with Crippen LogP contribution in [-0.2, 0) is 11.2 Å². The summed E-state index contributed by atoms with van der Waals surface area (Å²) in [6.07, 6.45) is 0.601. The van der Waals surface area contributed by atoms with Crippen LogP contribution in [0, 0.1) is 6.92 Å². The van der Waals surface area contributed by atoms with Crippen molar-refractivity contribution in [1.29, 1.82) is 0 Å². The Morgan fingerprint density at radius 3 is 2.63 bits per heavy atom. The van der Waals surface area contributed by atoms with Crippen LogP contribution in [0.4, 0.5) is 4.79 Å². The van der Waals surface area contributed by atoms with E-state index in [1.54, 1.807) is 25.1 Å². The first kappa shape index (κ1) is 20.3. The fraction of sp³-hybridized carbons (Fsp3) is 0.318. The summed E-state index contributed by atoms with van der Waals surface area (Å²) in [7, 11) is 0. The van der Waals surface area contributed by atoms with Gasteiger partial charge in [-0.1, -0.05) is 23.9 Å². The van der Waals surface area contributed by atoms with Crippen LogP contribution < -0.4 is 14.8 Å². The summed E-state index contributed by atoms with van der Waals surface area (Å²) >= 11 is 1.00. The summed E-state index contributed by atoms with van der Waals surface area (Å²) in [6.45, 7) is 3.74. The highest BCUT2D eigenvalue weighted by molar-refractivity contribution is 8.15. The van der Waals surface area contributed by atoms with Gasteiger partial charge in [-0.15, -0.1) is 0 Å². The third kappa shape index (κ3) is 4.14. The Kier molecular flexibility index (Phi) is 5.19. The number of benzene rings is 2. The van der Waals surface area contributed by atoms with Gasteiger partial charge in [0.05, 0.1) is 17.2 Å². The van der Waals surface area contributed by atoms with Gasteiger partial charge in [-0.2, -0.15) is 0 Å². The Morgan fingerprint density at radius 1 is 1.23 bits per heavy atom. The van der Waals surface area contributed by atoms with Gasteiger partial charge in [0.2, 0.25) is 5.91 Å². The molecule has 2 aliphatic heterocycles. The number of carbonyl (C=O) groups is 3. The first-order chi connectivity index (χ1) is 14.2. The van der Waals surface area contributed by atoms with Crippen LogP contribution in [0.1, 0.15) is 34.8 Å². The molecule has 1 fully saturated rings. The summed E-state index contributed by atoms with van der Waals surface area (Å²) in [6, 6.07) is 10.4. The number of ether oxygens (including phenoxy) is 2. The second-order valence-corrected chi connectivity index (χ2v) is 8.98. The quantitative estimate of drug-likeness (QED) is 0.754. The molecule has 2 heterocycles. The van der Waals surface area contributed by atoms with Crippen molar-refractivity contribution in [3.05, 3.63) is 53.1 Å². The fourth-order valence-corrected chi connectivity index (χ4v) is 4.35. The number of phenols is 1. The number of hydrogen-bond acceptors (Lipinski definition) is 7. The minimum atomic E-state index is -0.828. The number of imide groups is 1. The molecule has 2 aromatic carbocycles. The van der Waals surface area contributed by atoms with Gasteiger partial charge in [-0.25, -0.2) is 0 Å². The highest BCUT2D eigenvalue weighted by Gasteiger charge is 2.38. The van der Waals surface area contributed by atoms with Crippen molar-refractivity contribution in [2.24, 2.45) is 0 Å². The zero-order valence-corrected chi connectivity index (χ0v) is 17.4. The van der Waals surface area contributed by atoms with Crippen molar-refractivity contribution in [3.8, 4) is 17.2 Å². The number of rotatable bonds is 5. The van der Waals surface area contributed by atoms with Crippen LogP contribution in [0.5, 0.6) is 17.2 Å². The predicted molar refractivity (Wildman–Crippen MR) is 111 cm³/mol. The van der Waals surface area contributed by atoms with E-state index in [1.807, 2.05) is 19.1 Å². The molecule has 7 nitrogen and oxygen atoms in total. The Labute approximate surface area is 177 Å². The number of amides is 2. The topological polar surface area (TPSA) is 102 Å². The number of ketones is 1. The van der Waals surface area contributed by atoms with Gasteiger partial charge in [-0.05, 0) is 55.7 Å². The number of phenolic OH excluding ortho intramolecular Hbond substituents is 1. The first-order valence-electron chi connectivity index (χ1n) is 9.51. The van der Waals surface area contributed by atoms with Crippen LogP contribution in [0.3, 0.4) is 0 Å². The van der Waals surface area contributed by atoms with Crippen LogP contribution >= 0.6 is 11.8 Å². The van der Waals surface area contributed by atoms with E-state index in [9.17, 15) is 19.5 Å². The number of aryl methyl sites for hydroxylation is 1. The third-order valence-electron chi connectivity index (χ3n) is 5.15. The van der Waals surface area contributed by atoms with Crippen molar-refractivity contribution >= 4 is 28.7 Å². The van der Waals surface area contributed by atoms with E-state index in [0.29, 0.717) is 29.0 Å². The molecule has 0 aromatic heterocycles. The van der Waals surface area contributed by atoms with Gasteiger partial charge in [-0.3, -0.25) is 19.7 Å². The molecule has 2 unspecified atom stereocenters. The molecule has 2 aromatic rings. The van der Waals surface area contributed by atoms with E-state index in [4.69, 9.17) is 9.47 Å². The monoisotopic (exact) mass is 427 g/mol. The van der Waals surface area contributed by atoms with E-state index in [1.165, 1.54) is 6.07 Å². The summed E-state index contributed by atoms with van der Waals surface area (Å²) in [5.41, 5.74) is 1.11. The maximum absolute atomic E-state index is 12.5. The lowest BCUT2D eigenvalue weighted by atomic mass is 9.91. The molecule has 156 valence electrons. The van der Waals surface area contributed by atoms with Crippen LogP contribution in [0.2, 0.25) is 0 Å². The van der Waals surface area contributed by atoms with Gasteiger partial charge < -0.3 is 14.6 Å². The normalized spacial score (nSPS) is 23.0. The second kappa shape index (κ2) is 7.68. The maximum Gasteiger partial charge on any atom is 0.286 e. The predicted octanol–water partition coefficient (Wildman–Crippen LogP) is 3.40. The molecule has 2 N–H and O–H groups in total. The molecule has 2 amide bonds. The van der Waals surface area contributed by atoms with Gasteiger partial charge in [0, 0.05) is 0 Å². The summed E-state index contributed by atoms with van der Waals surface area (Å²) in [4.78, 5) is 35.5. The number of nitrogens with one attached hydrogen (secondary N) is 1. The molecule has 2 atom stereocenters. The maximum atomic E-state index is 12.5. The molecule has 0 bridgehead atoms. The number of fused-ring (bicyclic) bond motifs is 1. The number of Topliss-reactive ketones (excluding diaryl/α,β-unsaturated/α-hetero) is 1. The zero-order chi connectivity index (χ0) is 21.5. The second-order valence-electron chi connectivity index (χ2n) is 7.81. The highest BCUT2D eigenvalue weighted by Crippen LogP contribution is 2.37. The van der Waals surface area contributed by atoms with Crippen molar-refractivity contribution < 1.29 is 29.0 Å². The molecule has 0 radical (unpaired) electrons. The number of aromatic hydroxyl groups is 1. The smallest absolute Gasteiger partial charge is 0.286 e. The molecule has 0 spiro atoms. The number of thioether (sulfide) groups is 1. The van der Waals surface area contributed by atoms with Crippen molar-refractivity contribution in [2.45, 2.75) is 37.5 Å². The van der Waals surface area contributed by atoms with Crippen molar-refractivity contribution in [2.75, 3.05) is 6.61 Å². The van der Waals surface area contributed by atoms with Gasteiger partial charge in [0.15, 0.2) is 5.78 Å². The van der Waals surface area contributed by atoms with Crippen LogP contribution in [0.15, 0.2) is 36.4 Å². The number of hydrogen-bond donors (Lipinski definition) is 2. The molecule has 1 saturated heterocycles. The Hall–Kier alpha value is -3.00. The summed E-state index contributed by atoms with van der Waals surface area (Å²) < 4.78 is 11.9. The molecule has 8 heteroatoms. The SMILES string of the molecule is Cc1cc2c(cc1O)C(=O)CC(C)(COc1ccc(CC3SC(=O)NC3=O)cc1)O2. The lowest BCUT2D eigenvalue weighted by Crippen LogP contribution is -2.44. The third-order valence-corrected chi connectivity index (χ3v) is 6.13. The zero-order valence-electron chi connectivity index (χ0n) is 16.6. The molecule has 0 saturated carbocycles.